The molecule has 0 atom stereocenters. The molecule has 2 aromatic carbocycles. The Balaban J connectivity index is 1.24. The SMILES string of the molecule is CN(Cc1noc2ccccc12)C1CCN(c2nc3ccccc3o2)CC1. The fourth-order valence-corrected chi connectivity index (χ4v) is 3.91. The number of nitrogens with zero attached hydrogens (tertiary/aromatic N) is 4. The van der Waals surface area contributed by atoms with Gasteiger partial charge in [-0.25, -0.2) is 0 Å². The summed E-state index contributed by atoms with van der Waals surface area (Å²) in [5.74, 6) is 0. The quantitative estimate of drug-likeness (QED) is 0.545. The summed E-state index contributed by atoms with van der Waals surface area (Å²) in [5, 5.41) is 5.37. The highest BCUT2D eigenvalue weighted by atomic mass is 16.5. The van der Waals surface area contributed by atoms with E-state index >= 15 is 0 Å². The van der Waals surface area contributed by atoms with Crippen molar-refractivity contribution >= 4 is 28.1 Å². The second kappa shape index (κ2) is 6.70. The minimum atomic E-state index is 0.515. The summed E-state index contributed by atoms with van der Waals surface area (Å²) in [6, 6.07) is 17.2. The van der Waals surface area contributed by atoms with Gasteiger partial charge in [0.2, 0.25) is 0 Å². The first-order valence-electron chi connectivity index (χ1n) is 9.42. The maximum atomic E-state index is 5.92. The van der Waals surface area contributed by atoms with E-state index < -0.39 is 0 Å². The zero-order valence-electron chi connectivity index (χ0n) is 15.3. The molecule has 1 fully saturated rings. The molecule has 1 saturated heterocycles. The molecule has 0 bridgehead atoms. The Morgan fingerprint density at radius 3 is 2.59 bits per heavy atom. The molecule has 27 heavy (non-hydrogen) atoms. The van der Waals surface area contributed by atoms with Gasteiger partial charge in [0.05, 0.1) is 0 Å². The first-order chi connectivity index (χ1) is 13.3. The summed E-state index contributed by atoms with van der Waals surface area (Å²) < 4.78 is 11.4. The van der Waals surface area contributed by atoms with Crippen molar-refractivity contribution in [1.82, 2.24) is 15.0 Å². The highest BCUT2D eigenvalue weighted by Gasteiger charge is 2.26. The normalized spacial score (nSPS) is 16.0. The van der Waals surface area contributed by atoms with Gasteiger partial charge in [-0.05, 0) is 44.2 Å². The van der Waals surface area contributed by atoms with E-state index in [4.69, 9.17) is 8.94 Å². The summed E-state index contributed by atoms with van der Waals surface area (Å²) >= 11 is 0. The average molecular weight is 362 g/mol. The molecule has 6 nitrogen and oxygen atoms in total. The Morgan fingerprint density at radius 1 is 1.04 bits per heavy atom. The van der Waals surface area contributed by atoms with E-state index in [2.05, 4.69) is 33.1 Å². The van der Waals surface area contributed by atoms with Gasteiger partial charge in [0.25, 0.3) is 6.01 Å². The number of benzene rings is 2. The molecule has 0 spiro atoms. The van der Waals surface area contributed by atoms with Gasteiger partial charge < -0.3 is 13.8 Å². The first kappa shape index (κ1) is 16.3. The lowest BCUT2D eigenvalue weighted by Gasteiger charge is -2.35. The standard InChI is InChI=1S/C21H22N4O2/c1-24(14-18-16-6-2-4-8-19(16)27-23-18)15-10-12-25(13-11-15)21-22-17-7-3-5-9-20(17)26-21/h2-9,15H,10-14H2,1H3. The van der Waals surface area contributed by atoms with Crippen LogP contribution in [0.15, 0.2) is 57.5 Å². The van der Waals surface area contributed by atoms with Gasteiger partial charge in [-0.15, -0.1) is 0 Å². The lowest BCUT2D eigenvalue weighted by atomic mass is 10.0. The molecular formula is C21H22N4O2. The van der Waals surface area contributed by atoms with Gasteiger partial charge in [-0.1, -0.05) is 29.4 Å². The van der Waals surface area contributed by atoms with Crippen LogP contribution in [0.1, 0.15) is 18.5 Å². The maximum Gasteiger partial charge on any atom is 0.298 e. The van der Waals surface area contributed by atoms with E-state index in [1.54, 1.807) is 0 Å². The predicted molar refractivity (Wildman–Crippen MR) is 105 cm³/mol. The Hall–Kier alpha value is -2.86. The number of fused-ring (bicyclic) bond motifs is 2. The summed E-state index contributed by atoms with van der Waals surface area (Å²) in [7, 11) is 2.17. The molecule has 0 aliphatic carbocycles. The van der Waals surface area contributed by atoms with Gasteiger partial charge in [-0.2, -0.15) is 4.98 Å². The van der Waals surface area contributed by atoms with Crippen molar-refractivity contribution in [1.29, 1.82) is 0 Å². The van der Waals surface area contributed by atoms with Gasteiger partial charge in [0.1, 0.15) is 11.2 Å². The third kappa shape index (κ3) is 3.06. The highest BCUT2D eigenvalue weighted by molar-refractivity contribution is 5.79. The Kier molecular flexibility index (Phi) is 4.05. The van der Waals surface area contributed by atoms with Crippen LogP contribution < -0.4 is 4.90 Å². The Morgan fingerprint density at radius 2 is 1.78 bits per heavy atom. The number of aromatic nitrogens is 2. The van der Waals surface area contributed by atoms with Crippen LogP contribution in [0.5, 0.6) is 0 Å². The van der Waals surface area contributed by atoms with Crippen molar-refractivity contribution in [2.75, 3.05) is 25.0 Å². The average Bonchev–Trinajstić information content (AvgIpc) is 3.32. The molecule has 3 heterocycles. The summed E-state index contributed by atoms with van der Waals surface area (Å²) in [5.41, 5.74) is 3.63. The second-order valence-electron chi connectivity index (χ2n) is 7.22. The van der Waals surface area contributed by atoms with Crippen molar-refractivity contribution in [3.8, 4) is 0 Å². The van der Waals surface area contributed by atoms with Crippen molar-refractivity contribution in [2.45, 2.75) is 25.4 Å². The van der Waals surface area contributed by atoms with E-state index in [1.807, 2.05) is 42.5 Å². The summed E-state index contributed by atoms with van der Waals surface area (Å²) in [6.45, 7) is 2.69. The minimum Gasteiger partial charge on any atom is -0.423 e. The van der Waals surface area contributed by atoms with Gasteiger partial charge in [0, 0.05) is 31.1 Å². The predicted octanol–water partition coefficient (Wildman–Crippen LogP) is 4.07. The number of rotatable bonds is 4. The molecule has 6 heteroatoms. The molecule has 0 amide bonds. The molecule has 4 aromatic rings. The molecule has 138 valence electrons. The van der Waals surface area contributed by atoms with Gasteiger partial charge >= 0.3 is 0 Å². The van der Waals surface area contributed by atoms with Crippen LogP contribution in [0, 0.1) is 0 Å². The highest BCUT2D eigenvalue weighted by Crippen LogP contribution is 2.26. The lowest BCUT2D eigenvalue weighted by Crippen LogP contribution is -2.43. The summed E-state index contributed by atoms with van der Waals surface area (Å²) in [4.78, 5) is 9.25. The Bertz CT molecular complexity index is 1030. The number of piperidine rings is 1. The maximum absolute atomic E-state index is 5.92. The number of para-hydroxylation sites is 3. The third-order valence-corrected chi connectivity index (χ3v) is 5.49. The lowest BCUT2D eigenvalue weighted by molar-refractivity contribution is 0.194. The molecule has 2 aromatic heterocycles. The fourth-order valence-electron chi connectivity index (χ4n) is 3.91. The molecule has 1 aliphatic rings. The van der Waals surface area contributed by atoms with E-state index in [0.29, 0.717) is 6.04 Å². The third-order valence-electron chi connectivity index (χ3n) is 5.49. The van der Waals surface area contributed by atoms with Crippen LogP contribution in [-0.4, -0.2) is 41.2 Å². The zero-order valence-corrected chi connectivity index (χ0v) is 15.3. The minimum absolute atomic E-state index is 0.515. The van der Waals surface area contributed by atoms with Crippen LogP contribution in [0.4, 0.5) is 6.01 Å². The van der Waals surface area contributed by atoms with Gasteiger partial charge in [-0.3, -0.25) is 4.90 Å². The molecular weight excluding hydrogens is 340 g/mol. The van der Waals surface area contributed by atoms with Crippen molar-refractivity contribution in [2.24, 2.45) is 0 Å². The zero-order chi connectivity index (χ0) is 18.2. The van der Waals surface area contributed by atoms with Crippen molar-refractivity contribution < 1.29 is 8.94 Å². The van der Waals surface area contributed by atoms with E-state index in [0.717, 1.165) is 66.3 Å². The van der Waals surface area contributed by atoms with Crippen LogP contribution in [0.3, 0.4) is 0 Å². The van der Waals surface area contributed by atoms with Gasteiger partial charge in [0.15, 0.2) is 11.2 Å². The molecule has 0 unspecified atom stereocenters. The molecule has 5 rings (SSSR count). The molecule has 0 N–H and O–H groups in total. The van der Waals surface area contributed by atoms with E-state index in [9.17, 15) is 0 Å². The fraction of sp³-hybridized carbons (Fsp3) is 0.333. The number of anilines is 1. The second-order valence-corrected chi connectivity index (χ2v) is 7.22. The largest absolute Gasteiger partial charge is 0.423 e. The van der Waals surface area contributed by atoms with Crippen LogP contribution in [0.25, 0.3) is 22.1 Å². The van der Waals surface area contributed by atoms with E-state index in [-0.39, 0.29) is 0 Å². The molecule has 0 saturated carbocycles. The Labute approximate surface area is 157 Å². The number of oxazole rings is 1. The van der Waals surface area contributed by atoms with E-state index in [1.165, 1.54) is 0 Å². The van der Waals surface area contributed by atoms with Crippen LogP contribution >= 0.6 is 0 Å². The van der Waals surface area contributed by atoms with Crippen molar-refractivity contribution in [3.63, 3.8) is 0 Å². The topological polar surface area (TPSA) is 58.5 Å². The number of hydrogen-bond donors (Lipinski definition) is 0. The number of hydrogen-bond acceptors (Lipinski definition) is 6. The molecule has 1 aliphatic heterocycles. The van der Waals surface area contributed by atoms with Crippen LogP contribution in [-0.2, 0) is 6.54 Å². The van der Waals surface area contributed by atoms with Crippen LogP contribution in [0.2, 0.25) is 0 Å². The molecule has 0 radical (unpaired) electrons. The monoisotopic (exact) mass is 362 g/mol. The smallest absolute Gasteiger partial charge is 0.298 e. The summed E-state index contributed by atoms with van der Waals surface area (Å²) in [6.07, 6.45) is 2.15. The first-order valence-corrected chi connectivity index (χ1v) is 9.42. The van der Waals surface area contributed by atoms with Crippen molar-refractivity contribution in [3.05, 3.63) is 54.2 Å².